The van der Waals surface area contributed by atoms with Gasteiger partial charge in [0.1, 0.15) is 12.4 Å². The predicted molar refractivity (Wildman–Crippen MR) is 93.1 cm³/mol. The fraction of sp³-hybridized carbons (Fsp3) is 0.211. The van der Waals surface area contributed by atoms with Crippen molar-refractivity contribution in [2.45, 2.75) is 27.4 Å². The molecule has 0 radical (unpaired) electrons. The van der Waals surface area contributed by atoms with Crippen LogP contribution in [0.15, 0.2) is 47.1 Å². The molecular weight excluding hydrogens is 318 g/mol. The molecule has 0 aromatic carbocycles. The first-order valence-electron chi connectivity index (χ1n) is 7.92. The topological polar surface area (TPSA) is 70.2 Å². The van der Waals surface area contributed by atoms with E-state index in [1.165, 1.54) is 6.08 Å². The van der Waals surface area contributed by atoms with Crippen LogP contribution in [0.5, 0.6) is 0 Å². The zero-order chi connectivity index (χ0) is 17.8. The molecule has 3 aromatic heterocycles. The molecule has 0 amide bonds. The smallest absolute Gasteiger partial charge is 0.331 e. The highest BCUT2D eigenvalue weighted by Gasteiger charge is 2.12. The van der Waals surface area contributed by atoms with Gasteiger partial charge in [-0.25, -0.2) is 4.79 Å². The highest BCUT2D eigenvalue weighted by Crippen LogP contribution is 2.21. The van der Waals surface area contributed by atoms with E-state index in [0.29, 0.717) is 5.69 Å². The van der Waals surface area contributed by atoms with Gasteiger partial charge in [0.05, 0.1) is 5.69 Å². The molecule has 3 heterocycles. The summed E-state index contributed by atoms with van der Waals surface area (Å²) in [5, 5.41) is 4.04. The van der Waals surface area contributed by atoms with Gasteiger partial charge in [0.25, 0.3) is 0 Å². The van der Waals surface area contributed by atoms with Gasteiger partial charge in [-0.3, -0.25) is 9.55 Å². The molecule has 128 valence electrons. The van der Waals surface area contributed by atoms with E-state index >= 15 is 0 Å². The Balaban J connectivity index is 1.70. The number of hydrogen-bond acceptors (Lipinski definition) is 5. The first-order chi connectivity index (χ1) is 12.0. The number of rotatable bonds is 5. The minimum atomic E-state index is -0.410. The first kappa shape index (κ1) is 16.7. The van der Waals surface area contributed by atoms with E-state index in [4.69, 9.17) is 9.26 Å². The Bertz CT molecular complexity index is 907. The maximum atomic E-state index is 11.9. The van der Waals surface area contributed by atoms with Crippen LogP contribution >= 0.6 is 0 Å². The fourth-order valence-corrected chi connectivity index (χ4v) is 2.60. The molecule has 6 heteroatoms. The molecule has 0 unspecified atom stereocenters. The molecule has 0 aliphatic heterocycles. The van der Waals surface area contributed by atoms with Gasteiger partial charge < -0.3 is 9.26 Å². The van der Waals surface area contributed by atoms with Crippen LogP contribution in [0.2, 0.25) is 0 Å². The van der Waals surface area contributed by atoms with Crippen LogP contribution in [0.4, 0.5) is 0 Å². The number of hydrogen-bond donors (Lipinski definition) is 0. The van der Waals surface area contributed by atoms with Crippen molar-refractivity contribution in [3.63, 3.8) is 0 Å². The fourth-order valence-electron chi connectivity index (χ4n) is 2.60. The van der Waals surface area contributed by atoms with Crippen LogP contribution in [0.3, 0.4) is 0 Å². The Morgan fingerprint density at radius 1 is 1.28 bits per heavy atom. The first-order valence-corrected chi connectivity index (χ1v) is 7.92. The summed E-state index contributed by atoms with van der Waals surface area (Å²) in [6.45, 7) is 5.95. The third-order valence-corrected chi connectivity index (χ3v) is 3.80. The van der Waals surface area contributed by atoms with E-state index in [2.05, 4.69) is 10.1 Å². The lowest BCUT2D eigenvalue weighted by atomic mass is 10.2. The second kappa shape index (κ2) is 7.17. The molecule has 0 saturated carbocycles. The Morgan fingerprint density at radius 3 is 2.80 bits per heavy atom. The van der Waals surface area contributed by atoms with Crippen molar-refractivity contribution in [2.75, 3.05) is 0 Å². The van der Waals surface area contributed by atoms with Gasteiger partial charge in [0, 0.05) is 29.7 Å². The van der Waals surface area contributed by atoms with Crippen LogP contribution in [0.25, 0.3) is 11.9 Å². The number of carbonyl (C=O) groups excluding carboxylic acids is 1. The molecule has 0 aliphatic rings. The molecule has 0 aliphatic carbocycles. The van der Waals surface area contributed by atoms with Gasteiger partial charge >= 0.3 is 5.97 Å². The minimum Gasteiger partial charge on any atom is -0.456 e. The number of nitrogens with zero attached hydrogens (tertiary/aromatic N) is 3. The summed E-state index contributed by atoms with van der Waals surface area (Å²) >= 11 is 0. The molecule has 6 nitrogen and oxygen atoms in total. The summed E-state index contributed by atoms with van der Waals surface area (Å²) in [6, 6.07) is 9.34. The standard InChI is InChI=1S/C19H19N3O3/c1-13-10-16(15(3)22(13)18-11-14(2)25-21-18)7-8-19(23)24-12-17-6-4-5-9-20-17/h4-11H,12H2,1-3H3/b8-7+. The van der Waals surface area contributed by atoms with Crippen molar-refractivity contribution < 1.29 is 14.1 Å². The number of ether oxygens (including phenoxy) is 1. The lowest BCUT2D eigenvalue weighted by Crippen LogP contribution is -2.02. The monoisotopic (exact) mass is 337 g/mol. The van der Waals surface area contributed by atoms with Gasteiger partial charge in [0.15, 0.2) is 5.82 Å². The normalized spacial score (nSPS) is 11.2. The van der Waals surface area contributed by atoms with Crippen LogP contribution in [-0.4, -0.2) is 20.7 Å². The molecular formula is C19H19N3O3. The second-order valence-electron chi connectivity index (χ2n) is 5.72. The molecule has 0 bridgehead atoms. The van der Waals surface area contributed by atoms with E-state index in [-0.39, 0.29) is 6.61 Å². The van der Waals surface area contributed by atoms with Crippen molar-refractivity contribution in [3.05, 3.63) is 71.0 Å². The second-order valence-corrected chi connectivity index (χ2v) is 5.72. The minimum absolute atomic E-state index is 0.154. The summed E-state index contributed by atoms with van der Waals surface area (Å²) in [5.41, 5.74) is 3.61. The predicted octanol–water partition coefficient (Wildman–Crippen LogP) is 3.54. The number of carbonyl (C=O) groups is 1. The average Bonchev–Trinajstić information content (AvgIpc) is 3.14. The SMILES string of the molecule is Cc1cc(-n2c(C)cc(/C=C/C(=O)OCc3ccccn3)c2C)no1. The molecule has 0 spiro atoms. The number of esters is 1. The van der Waals surface area contributed by atoms with Crippen molar-refractivity contribution in [1.29, 1.82) is 0 Å². The number of aromatic nitrogens is 3. The summed E-state index contributed by atoms with van der Waals surface area (Å²) in [6.07, 6.45) is 4.83. The molecule has 0 atom stereocenters. The lowest BCUT2D eigenvalue weighted by Gasteiger charge is -2.04. The van der Waals surface area contributed by atoms with Crippen LogP contribution < -0.4 is 0 Å². The third-order valence-electron chi connectivity index (χ3n) is 3.80. The van der Waals surface area contributed by atoms with E-state index < -0.39 is 5.97 Å². The number of pyridine rings is 1. The Morgan fingerprint density at radius 2 is 2.12 bits per heavy atom. The van der Waals surface area contributed by atoms with Gasteiger partial charge in [-0.1, -0.05) is 11.2 Å². The Hall–Kier alpha value is -3.15. The highest BCUT2D eigenvalue weighted by atomic mass is 16.5. The zero-order valence-corrected chi connectivity index (χ0v) is 14.4. The molecule has 3 aromatic rings. The largest absolute Gasteiger partial charge is 0.456 e. The van der Waals surface area contributed by atoms with Gasteiger partial charge in [0.2, 0.25) is 0 Å². The summed E-state index contributed by atoms with van der Waals surface area (Å²) in [7, 11) is 0. The van der Waals surface area contributed by atoms with Crippen LogP contribution in [-0.2, 0) is 16.1 Å². The van der Waals surface area contributed by atoms with E-state index in [1.54, 1.807) is 12.3 Å². The van der Waals surface area contributed by atoms with E-state index in [0.717, 1.165) is 28.5 Å². The highest BCUT2D eigenvalue weighted by molar-refractivity contribution is 5.87. The average molecular weight is 337 g/mol. The van der Waals surface area contributed by atoms with Gasteiger partial charge in [-0.2, -0.15) is 0 Å². The van der Waals surface area contributed by atoms with E-state index in [1.807, 2.05) is 55.7 Å². The Labute approximate surface area is 145 Å². The van der Waals surface area contributed by atoms with Crippen molar-refractivity contribution in [1.82, 2.24) is 14.7 Å². The van der Waals surface area contributed by atoms with Crippen molar-refractivity contribution in [2.24, 2.45) is 0 Å². The molecule has 0 fully saturated rings. The third kappa shape index (κ3) is 3.85. The Kier molecular flexibility index (Phi) is 4.79. The van der Waals surface area contributed by atoms with E-state index in [9.17, 15) is 4.79 Å². The zero-order valence-electron chi connectivity index (χ0n) is 14.4. The maximum absolute atomic E-state index is 11.9. The van der Waals surface area contributed by atoms with Crippen molar-refractivity contribution >= 4 is 12.0 Å². The summed E-state index contributed by atoms with van der Waals surface area (Å²) in [4.78, 5) is 16.0. The quantitative estimate of drug-likeness (QED) is 0.526. The van der Waals surface area contributed by atoms with Crippen LogP contribution in [0.1, 0.15) is 28.4 Å². The molecule has 0 N–H and O–H groups in total. The van der Waals surface area contributed by atoms with Crippen LogP contribution in [0, 0.1) is 20.8 Å². The van der Waals surface area contributed by atoms with Crippen molar-refractivity contribution in [3.8, 4) is 5.82 Å². The molecule has 3 rings (SSSR count). The number of aryl methyl sites for hydroxylation is 2. The molecule has 25 heavy (non-hydrogen) atoms. The lowest BCUT2D eigenvalue weighted by molar-refractivity contribution is -0.139. The van der Waals surface area contributed by atoms with Gasteiger partial charge in [-0.05, 0) is 50.6 Å². The van der Waals surface area contributed by atoms with Gasteiger partial charge in [-0.15, -0.1) is 0 Å². The molecule has 0 saturated heterocycles. The summed E-state index contributed by atoms with van der Waals surface area (Å²) < 4.78 is 12.3. The maximum Gasteiger partial charge on any atom is 0.331 e. The summed E-state index contributed by atoms with van der Waals surface area (Å²) in [5.74, 6) is 1.07.